The van der Waals surface area contributed by atoms with E-state index in [0.29, 0.717) is 6.61 Å². The van der Waals surface area contributed by atoms with Crippen molar-refractivity contribution in [3.05, 3.63) is 53.2 Å². The summed E-state index contributed by atoms with van der Waals surface area (Å²) >= 11 is 0. The highest BCUT2D eigenvalue weighted by Gasteiger charge is 2.02. The van der Waals surface area contributed by atoms with E-state index in [-0.39, 0.29) is 0 Å². The molecule has 4 nitrogen and oxygen atoms in total. The summed E-state index contributed by atoms with van der Waals surface area (Å²) in [5.41, 5.74) is 3.52. The summed E-state index contributed by atoms with van der Waals surface area (Å²) in [5.74, 6) is 0.797. The van der Waals surface area contributed by atoms with Crippen molar-refractivity contribution in [2.75, 3.05) is 11.9 Å². The van der Waals surface area contributed by atoms with E-state index in [4.69, 9.17) is 4.74 Å². The van der Waals surface area contributed by atoms with Gasteiger partial charge in [-0.2, -0.15) is 5.10 Å². The Labute approximate surface area is 113 Å². The minimum atomic E-state index is 0.647. The Bertz CT molecular complexity index is 528. The zero-order valence-corrected chi connectivity index (χ0v) is 11.4. The molecule has 0 unspecified atom stereocenters. The van der Waals surface area contributed by atoms with Crippen LogP contribution in [-0.2, 0) is 17.9 Å². The number of hydrogen-bond acceptors (Lipinski definition) is 4. The average Bonchev–Trinajstić information content (AvgIpc) is 2.44. The highest BCUT2D eigenvalue weighted by atomic mass is 16.5. The number of aryl methyl sites for hydroxylation is 1. The highest BCUT2D eigenvalue weighted by molar-refractivity contribution is 5.37. The summed E-state index contributed by atoms with van der Waals surface area (Å²) in [6.45, 7) is 6.10. The fourth-order valence-corrected chi connectivity index (χ4v) is 1.82. The van der Waals surface area contributed by atoms with Gasteiger partial charge in [0, 0.05) is 13.2 Å². The van der Waals surface area contributed by atoms with Gasteiger partial charge in [0.15, 0.2) is 0 Å². The standard InChI is InChI=1S/C15H19N3O/c1-3-19-11-14-7-5-4-6-13(14)10-16-15-8-12(2)9-17-18-15/h4-9H,3,10-11H2,1-2H3,(H,16,18). The SMILES string of the molecule is CCOCc1ccccc1CNc1cc(C)cnn1. The third-order valence-corrected chi connectivity index (χ3v) is 2.83. The summed E-state index contributed by atoms with van der Waals surface area (Å²) in [4.78, 5) is 0. The highest BCUT2D eigenvalue weighted by Crippen LogP contribution is 2.12. The van der Waals surface area contributed by atoms with Crippen molar-refractivity contribution in [2.45, 2.75) is 27.0 Å². The van der Waals surface area contributed by atoms with Crippen LogP contribution < -0.4 is 5.32 Å². The van der Waals surface area contributed by atoms with Crippen LogP contribution in [0.2, 0.25) is 0 Å². The van der Waals surface area contributed by atoms with Crippen molar-refractivity contribution in [1.82, 2.24) is 10.2 Å². The number of benzene rings is 1. The third-order valence-electron chi connectivity index (χ3n) is 2.83. The molecule has 0 aliphatic carbocycles. The van der Waals surface area contributed by atoms with Gasteiger partial charge in [-0.25, -0.2) is 0 Å². The molecule has 100 valence electrons. The van der Waals surface area contributed by atoms with Gasteiger partial charge >= 0.3 is 0 Å². The first-order valence-electron chi connectivity index (χ1n) is 6.47. The molecule has 0 aliphatic heterocycles. The first-order valence-corrected chi connectivity index (χ1v) is 6.47. The number of hydrogen-bond donors (Lipinski definition) is 1. The number of aromatic nitrogens is 2. The Morgan fingerprint density at radius 3 is 2.74 bits per heavy atom. The normalized spacial score (nSPS) is 10.4. The number of nitrogens with one attached hydrogen (secondary N) is 1. The molecule has 0 radical (unpaired) electrons. The Kier molecular flexibility index (Phi) is 4.86. The van der Waals surface area contributed by atoms with E-state index in [1.807, 2.05) is 32.0 Å². The zero-order chi connectivity index (χ0) is 13.5. The molecule has 0 spiro atoms. The number of anilines is 1. The smallest absolute Gasteiger partial charge is 0.149 e. The lowest BCUT2D eigenvalue weighted by molar-refractivity contribution is 0.133. The third kappa shape index (κ3) is 4.03. The molecule has 0 aliphatic rings. The van der Waals surface area contributed by atoms with Gasteiger partial charge in [-0.15, -0.1) is 5.10 Å². The van der Waals surface area contributed by atoms with E-state index in [9.17, 15) is 0 Å². The molecule has 0 fully saturated rings. The molecule has 0 atom stereocenters. The number of ether oxygens (including phenoxy) is 1. The van der Waals surface area contributed by atoms with E-state index in [1.54, 1.807) is 6.20 Å². The van der Waals surface area contributed by atoms with Crippen LogP contribution in [0.1, 0.15) is 23.6 Å². The molecule has 4 heteroatoms. The molecule has 1 aromatic heterocycles. The second-order valence-electron chi connectivity index (χ2n) is 4.38. The van der Waals surface area contributed by atoms with Crippen LogP contribution in [0.15, 0.2) is 36.5 Å². The van der Waals surface area contributed by atoms with Crippen molar-refractivity contribution < 1.29 is 4.74 Å². The number of rotatable bonds is 6. The molecule has 0 saturated heterocycles. The summed E-state index contributed by atoms with van der Waals surface area (Å²) in [7, 11) is 0. The van der Waals surface area contributed by atoms with Crippen LogP contribution in [0.4, 0.5) is 5.82 Å². The Morgan fingerprint density at radius 1 is 1.21 bits per heavy atom. The van der Waals surface area contributed by atoms with Gasteiger partial charge in [0.2, 0.25) is 0 Å². The average molecular weight is 257 g/mol. The molecule has 0 bridgehead atoms. The van der Waals surface area contributed by atoms with Crippen molar-refractivity contribution in [1.29, 1.82) is 0 Å². The topological polar surface area (TPSA) is 47.0 Å². The van der Waals surface area contributed by atoms with Crippen molar-refractivity contribution in [3.8, 4) is 0 Å². The van der Waals surface area contributed by atoms with Crippen LogP contribution in [0.5, 0.6) is 0 Å². The predicted molar refractivity (Wildman–Crippen MR) is 75.9 cm³/mol. The van der Waals surface area contributed by atoms with Crippen LogP contribution in [0.25, 0.3) is 0 Å². The van der Waals surface area contributed by atoms with Gasteiger partial charge < -0.3 is 10.1 Å². The van der Waals surface area contributed by atoms with Crippen LogP contribution in [0.3, 0.4) is 0 Å². The Balaban J connectivity index is 2.02. The monoisotopic (exact) mass is 257 g/mol. The van der Waals surface area contributed by atoms with Crippen molar-refractivity contribution in [2.24, 2.45) is 0 Å². The molecule has 0 saturated carbocycles. The fraction of sp³-hybridized carbons (Fsp3) is 0.333. The molecule has 2 rings (SSSR count). The molecular formula is C15H19N3O. The molecule has 0 amide bonds. The van der Waals surface area contributed by atoms with Gasteiger partial charge in [-0.05, 0) is 36.6 Å². The van der Waals surface area contributed by atoms with Crippen LogP contribution in [-0.4, -0.2) is 16.8 Å². The number of nitrogens with zero attached hydrogens (tertiary/aromatic N) is 2. The Morgan fingerprint density at radius 2 is 2.00 bits per heavy atom. The maximum absolute atomic E-state index is 5.48. The van der Waals surface area contributed by atoms with Crippen molar-refractivity contribution >= 4 is 5.82 Å². The fourth-order valence-electron chi connectivity index (χ4n) is 1.82. The lowest BCUT2D eigenvalue weighted by atomic mass is 10.1. The minimum Gasteiger partial charge on any atom is -0.377 e. The second-order valence-corrected chi connectivity index (χ2v) is 4.38. The quantitative estimate of drug-likeness (QED) is 0.864. The van der Waals surface area contributed by atoms with Gasteiger partial charge in [0.05, 0.1) is 12.8 Å². The Hall–Kier alpha value is -1.94. The molecule has 1 heterocycles. The first-order chi connectivity index (χ1) is 9.29. The van der Waals surface area contributed by atoms with E-state index in [0.717, 1.165) is 24.5 Å². The maximum atomic E-state index is 5.48. The first kappa shape index (κ1) is 13.5. The molecule has 19 heavy (non-hydrogen) atoms. The van der Waals surface area contributed by atoms with Gasteiger partial charge in [0.25, 0.3) is 0 Å². The predicted octanol–water partition coefficient (Wildman–Crippen LogP) is 2.93. The lowest BCUT2D eigenvalue weighted by Gasteiger charge is -2.11. The van der Waals surface area contributed by atoms with E-state index in [2.05, 4.69) is 27.6 Å². The van der Waals surface area contributed by atoms with E-state index >= 15 is 0 Å². The maximum Gasteiger partial charge on any atom is 0.149 e. The summed E-state index contributed by atoms with van der Waals surface area (Å²) < 4.78 is 5.48. The molecule has 1 aromatic carbocycles. The van der Waals surface area contributed by atoms with Gasteiger partial charge in [-0.1, -0.05) is 24.3 Å². The summed E-state index contributed by atoms with van der Waals surface area (Å²) in [6, 6.07) is 10.2. The summed E-state index contributed by atoms with van der Waals surface area (Å²) in [5, 5.41) is 11.3. The zero-order valence-electron chi connectivity index (χ0n) is 11.4. The lowest BCUT2D eigenvalue weighted by Crippen LogP contribution is -2.06. The largest absolute Gasteiger partial charge is 0.377 e. The molecular weight excluding hydrogens is 238 g/mol. The summed E-state index contributed by atoms with van der Waals surface area (Å²) in [6.07, 6.45) is 1.74. The van der Waals surface area contributed by atoms with Crippen molar-refractivity contribution in [3.63, 3.8) is 0 Å². The second kappa shape index (κ2) is 6.85. The van der Waals surface area contributed by atoms with Crippen LogP contribution in [0, 0.1) is 6.92 Å². The van der Waals surface area contributed by atoms with Crippen LogP contribution >= 0.6 is 0 Å². The van der Waals surface area contributed by atoms with E-state index < -0.39 is 0 Å². The van der Waals surface area contributed by atoms with Gasteiger partial charge in [0.1, 0.15) is 5.82 Å². The van der Waals surface area contributed by atoms with Gasteiger partial charge in [-0.3, -0.25) is 0 Å². The van der Waals surface area contributed by atoms with E-state index in [1.165, 1.54) is 11.1 Å². The molecule has 1 N–H and O–H groups in total. The molecule has 2 aromatic rings. The minimum absolute atomic E-state index is 0.647.